The molecule has 1 atom stereocenters. The van der Waals surface area contributed by atoms with Gasteiger partial charge in [0.2, 0.25) is 0 Å². The summed E-state index contributed by atoms with van der Waals surface area (Å²) < 4.78 is 1.29. The van der Waals surface area contributed by atoms with Crippen LogP contribution < -0.4 is 10.6 Å². The minimum Gasteiger partial charge on any atom is -0.308 e. The zero-order chi connectivity index (χ0) is 20.9. The Labute approximate surface area is 183 Å². The molecule has 0 bridgehead atoms. The third kappa shape index (κ3) is 4.85. The molecule has 1 aliphatic rings. The molecule has 5 heteroatoms. The van der Waals surface area contributed by atoms with Gasteiger partial charge in [-0.2, -0.15) is 0 Å². The summed E-state index contributed by atoms with van der Waals surface area (Å²) >= 11 is 1.81. The largest absolute Gasteiger partial charge is 0.323 e. The summed E-state index contributed by atoms with van der Waals surface area (Å²) in [6, 6.07) is 16.2. The Balaban J connectivity index is 1.44. The average molecular weight is 422 g/mol. The van der Waals surface area contributed by atoms with Gasteiger partial charge >= 0.3 is 6.03 Å². The van der Waals surface area contributed by atoms with Crippen LogP contribution in [0.5, 0.6) is 0 Å². The third-order valence-corrected chi connectivity index (χ3v) is 7.17. The lowest BCUT2D eigenvalue weighted by atomic mass is 9.88. The van der Waals surface area contributed by atoms with Gasteiger partial charge in [0, 0.05) is 22.1 Å². The number of carbonyl (C=O) groups excluding carboxylic acids is 1. The molecule has 0 spiro atoms. The molecule has 30 heavy (non-hydrogen) atoms. The number of thiophene rings is 1. The standard InChI is InChI=1S/C25H31N3OS/c1-3-7-18(2)28-14-12-19(13-15-28)23-17-30-24-11-10-21(16-22(23)24)27-25(29)26-20-8-5-4-6-9-20/h4-6,8-11,16-19H,3,7,12-15H2,1-2H3,(H2,26,27,29). The second-order valence-corrected chi connectivity index (χ2v) is 9.21. The minimum atomic E-state index is -0.212. The molecule has 0 saturated carbocycles. The second-order valence-electron chi connectivity index (χ2n) is 8.30. The average Bonchev–Trinajstić information content (AvgIpc) is 3.18. The molecule has 4 nitrogen and oxygen atoms in total. The number of benzene rings is 2. The lowest BCUT2D eigenvalue weighted by Crippen LogP contribution is -2.39. The van der Waals surface area contributed by atoms with Crippen molar-refractivity contribution < 1.29 is 4.79 Å². The number of carbonyl (C=O) groups is 1. The van der Waals surface area contributed by atoms with Gasteiger partial charge in [0.15, 0.2) is 0 Å². The van der Waals surface area contributed by atoms with Gasteiger partial charge in [0.1, 0.15) is 0 Å². The lowest BCUT2D eigenvalue weighted by Gasteiger charge is -2.36. The summed E-state index contributed by atoms with van der Waals surface area (Å²) in [6.07, 6.45) is 4.97. The van der Waals surface area contributed by atoms with E-state index < -0.39 is 0 Å². The molecule has 1 fully saturated rings. The van der Waals surface area contributed by atoms with Gasteiger partial charge in [0.25, 0.3) is 0 Å². The predicted molar refractivity (Wildman–Crippen MR) is 129 cm³/mol. The maximum absolute atomic E-state index is 12.4. The Kier molecular flexibility index (Phi) is 6.70. The van der Waals surface area contributed by atoms with E-state index in [-0.39, 0.29) is 6.03 Å². The van der Waals surface area contributed by atoms with Crippen molar-refractivity contribution in [1.82, 2.24) is 4.90 Å². The van der Waals surface area contributed by atoms with E-state index in [0.717, 1.165) is 11.4 Å². The van der Waals surface area contributed by atoms with Gasteiger partial charge in [-0.3, -0.25) is 0 Å². The first-order valence-electron chi connectivity index (χ1n) is 11.0. The van der Waals surface area contributed by atoms with E-state index in [1.54, 1.807) is 0 Å². The topological polar surface area (TPSA) is 44.4 Å². The number of hydrogen-bond acceptors (Lipinski definition) is 3. The Morgan fingerprint density at radius 1 is 1.10 bits per heavy atom. The smallest absolute Gasteiger partial charge is 0.308 e. The van der Waals surface area contributed by atoms with Gasteiger partial charge in [0.05, 0.1) is 0 Å². The van der Waals surface area contributed by atoms with E-state index >= 15 is 0 Å². The van der Waals surface area contributed by atoms with E-state index in [2.05, 4.69) is 46.9 Å². The van der Waals surface area contributed by atoms with Crippen LogP contribution in [0.1, 0.15) is 51.0 Å². The number of para-hydroxylation sites is 1. The maximum Gasteiger partial charge on any atom is 0.323 e. The number of rotatable bonds is 6. The third-order valence-electron chi connectivity index (χ3n) is 6.19. The Morgan fingerprint density at radius 2 is 1.83 bits per heavy atom. The van der Waals surface area contributed by atoms with Gasteiger partial charge in [-0.05, 0) is 91.9 Å². The first-order chi connectivity index (χ1) is 14.6. The molecular weight excluding hydrogens is 390 g/mol. The predicted octanol–water partition coefficient (Wildman–Crippen LogP) is 6.91. The molecule has 2 aromatic carbocycles. The number of likely N-dealkylation sites (tertiary alicyclic amines) is 1. The molecule has 1 aliphatic heterocycles. The number of hydrogen-bond donors (Lipinski definition) is 2. The monoisotopic (exact) mass is 421 g/mol. The fraction of sp³-hybridized carbons (Fsp3) is 0.400. The fourth-order valence-electron chi connectivity index (χ4n) is 4.51. The van der Waals surface area contributed by atoms with Crippen molar-refractivity contribution in [1.29, 1.82) is 0 Å². The molecule has 1 aromatic heterocycles. The van der Waals surface area contributed by atoms with Gasteiger partial charge in [-0.25, -0.2) is 4.79 Å². The van der Waals surface area contributed by atoms with Crippen LogP contribution in [0.25, 0.3) is 10.1 Å². The molecule has 4 rings (SSSR count). The summed E-state index contributed by atoms with van der Waals surface area (Å²) in [5.41, 5.74) is 3.07. The number of nitrogens with one attached hydrogen (secondary N) is 2. The molecule has 1 unspecified atom stereocenters. The van der Waals surface area contributed by atoms with Crippen molar-refractivity contribution >= 4 is 38.8 Å². The zero-order valence-electron chi connectivity index (χ0n) is 17.9. The molecule has 2 heterocycles. The summed E-state index contributed by atoms with van der Waals surface area (Å²) in [5.74, 6) is 0.609. The summed E-state index contributed by atoms with van der Waals surface area (Å²) in [7, 11) is 0. The van der Waals surface area contributed by atoms with E-state index in [1.807, 2.05) is 47.7 Å². The van der Waals surface area contributed by atoms with E-state index in [9.17, 15) is 4.79 Å². The highest BCUT2D eigenvalue weighted by molar-refractivity contribution is 7.17. The van der Waals surface area contributed by atoms with E-state index in [0.29, 0.717) is 12.0 Å². The quantitative estimate of drug-likeness (QED) is 0.454. The summed E-state index contributed by atoms with van der Waals surface area (Å²) in [6.45, 7) is 7.00. The van der Waals surface area contributed by atoms with Crippen LogP contribution in [0.4, 0.5) is 16.2 Å². The van der Waals surface area contributed by atoms with Crippen LogP contribution in [-0.4, -0.2) is 30.1 Å². The molecule has 0 aliphatic carbocycles. The molecule has 1 saturated heterocycles. The normalized spacial score (nSPS) is 16.5. The summed E-state index contributed by atoms with van der Waals surface area (Å²) in [4.78, 5) is 15.0. The Hall–Kier alpha value is -2.37. The van der Waals surface area contributed by atoms with Gasteiger partial charge in [-0.15, -0.1) is 11.3 Å². The van der Waals surface area contributed by atoms with E-state index in [4.69, 9.17) is 0 Å². The van der Waals surface area contributed by atoms with Crippen LogP contribution in [0.15, 0.2) is 53.9 Å². The van der Waals surface area contributed by atoms with Gasteiger partial charge < -0.3 is 15.5 Å². The van der Waals surface area contributed by atoms with E-state index in [1.165, 1.54) is 54.4 Å². The molecule has 2 amide bonds. The SMILES string of the molecule is CCCC(C)N1CCC(c2csc3ccc(NC(=O)Nc4ccccc4)cc23)CC1. The Morgan fingerprint density at radius 3 is 2.57 bits per heavy atom. The van der Waals surface area contributed by atoms with Crippen molar-refractivity contribution in [3.05, 3.63) is 59.5 Å². The van der Waals surface area contributed by atoms with Crippen LogP contribution in [0.3, 0.4) is 0 Å². The van der Waals surface area contributed by atoms with Crippen molar-refractivity contribution in [2.45, 2.75) is 51.5 Å². The fourth-order valence-corrected chi connectivity index (χ4v) is 5.53. The number of anilines is 2. The minimum absolute atomic E-state index is 0.212. The molecule has 0 radical (unpaired) electrons. The number of piperidine rings is 1. The van der Waals surface area contributed by atoms with Crippen LogP contribution in [-0.2, 0) is 0 Å². The van der Waals surface area contributed by atoms with Crippen LogP contribution >= 0.6 is 11.3 Å². The molecule has 2 N–H and O–H groups in total. The number of urea groups is 1. The van der Waals surface area contributed by atoms with Crippen molar-refractivity contribution in [3.8, 4) is 0 Å². The maximum atomic E-state index is 12.4. The number of amides is 2. The summed E-state index contributed by atoms with van der Waals surface area (Å²) in [5, 5.41) is 9.48. The molecule has 3 aromatic rings. The highest BCUT2D eigenvalue weighted by Crippen LogP contribution is 2.38. The number of nitrogens with zero attached hydrogens (tertiary/aromatic N) is 1. The van der Waals surface area contributed by atoms with Crippen LogP contribution in [0.2, 0.25) is 0 Å². The van der Waals surface area contributed by atoms with Crippen LogP contribution in [0, 0.1) is 0 Å². The highest BCUT2D eigenvalue weighted by atomic mass is 32.1. The second kappa shape index (κ2) is 9.63. The number of fused-ring (bicyclic) bond motifs is 1. The first kappa shape index (κ1) is 20.9. The van der Waals surface area contributed by atoms with Crippen molar-refractivity contribution in [2.24, 2.45) is 0 Å². The molecule has 158 valence electrons. The van der Waals surface area contributed by atoms with Crippen molar-refractivity contribution in [2.75, 3.05) is 23.7 Å². The van der Waals surface area contributed by atoms with Gasteiger partial charge in [-0.1, -0.05) is 31.5 Å². The highest BCUT2D eigenvalue weighted by Gasteiger charge is 2.25. The van der Waals surface area contributed by atoms with Crippen molar-refractivity contribution in [3.63, 3.8) is 0 Å². The zero-order valence-corrected chi connectivity index (χ0v) is 18.7. The first-order valence-corrected chi connectivity index (χ1v) is 11.9. The lowest BCUT2D eigenvalue weighted by molar-refractivity contribution is 0.155. The Bertz CT molecular complexity index is 976. The molecular formula is C25H31N3OS.